The van der Waals surface area contributed by atoms with Crippen LogP contribution in [-0.4, -0.2) is 27.8 Å². The van der Waals surface area contributed by atoms with E-state index in [2.05, 4.69) is 15.2 Å². The van der Waals surface area contributed by atoms with Gasteiger partial charge in [-0.05, 0) is 25.1 Å². The second-order valence-electron chi connectivity index (χ2n) is 3.58. The van der Waals surface area contributed by atoms with E-state index in [0.717, 1.165) is 0 Å². The number of pyridine rings is 1. The molecule has 2 heterocycles. The molecule has 2 aromatic rings. The van der Waals surface area contributed by atoms with Gasteiger partial charge in [-0.3, -0.25) is 9.78 Å². The third-order valence-corrected chi connectivity index (χ3v) is 2.51. The van der Waals surface area contributed by atoms with Crippen LogP contribution in [0.1, 0.15) is 17.3 Å². The first-order valence-corrected chi connectivity index (χ1v) is 5.88. The Morgan fingerprint density at radius 1 is 1.42 bits per heavy atom. The van der Waals surface area contributed by atoms with Crippen molar-refractivity contribution in [3.63, 3.8) is 0 Å². The summed E-state index contributed by atoms with van der Waals surface area (Å²) in [5.74, 6) is -0.693. The summed E-state index contributed by atoms with van der Waals surface area (Å²) in [6, 6.07) is 4.62. The number of nitrogens with one attached hydrogen (secondary N) is 1. The van der Waals surface area contributed by atoms with Crippen LogP contribution in [0.4, 0.5) is 0 Å². The SMILES string of the molecule is CCOC(=O)c1cc(-c2ccc(Cl)cn2)n[nH]c1=O. The number of H-pyrrole nitrogens is 1. The Balaban J connectivity index is 2.43. The summed E-state index contributed by atoms with van der Waals surface area (Å²) < 4.78 is 4.79. The largest absolute Gasteiger partial charge is 0.462 e. The molecule has 19 heavy (non-hydrogen) atoms. The van der Waals surface area contributed by atoms with Gasteiger partial charge in [0.2, 0.25) is 0 Å². The van der Waals surface area contributed by atoms with E-state index in [1.165, 1.54) is 12.3 Å². The van der Waals surface area contributed by atoms with E-state index in [1.807, 2.05) is 0 Å². The quantitative estimate of drug-likeness (QED) is 0.864. The monoisotopic (exact) mass is 279 g/mol. The molecule has 0 aromatic carbocycles. The summed E-state index contributed by atoms with van der Waals surface area (Å²) in [6.07, 6.45) is 1.45. The molecule has 2 rings (SSSR count). The van der Waals surface area contributed by atoms with E-state index < -0.39 is 11.5 Å². The molecule has 0 fully saturated rings. The highest BCUT2D eigenvalue weighted by atomic mass is 35.5. The molecule has 0 aliphatic heterocycles. The summed E-state index contributed by atoms with van der Waals surface area (Å²) >= 11 is 5.73. The van der Waals surface area contributed by atoms with Crippen LogP contribution in [0.15, 0.2) is 29.2 Å². The average molecular weight is 280 g/mol. The number of aromatic nitrogens is 3. The number of carbonyl (C=O) groups excluding carboxylic acids is 1. The van der Waals surface area contributed by atoms with Crippen molar-refractivity contribution in [1.29, 1.82) is 0 Å². The molecule has 0 unspecified atom stereocenters. The smallest absolute Gasteiger partial charge is 0.343 e. The first-order chi connectivity index (χ1) is 9.11. The van der Waals surface area contributed by atoms with Crippen molar-refractivity contribution in [2.24, 2.45) is 0 Å². The molecule has 0 aliphatic carbocycles. The van der Waals surface area contributed by atoms with Gasteiger partial charge in [-0.25, -0.2) is 9.89 Å². The molecule has 1 N–H and O–H groups in total. The highest BCUT2D eigenvalue weighted by Gasteiger charge is 2.14. The van der Waals surface area contributed by atoms with Crippen LogP contribution in [0.25, 0.3) is 11.4 Å². The van der Waals surface area contributed by atoms with E-state index in [4.69, 9.17) is 16.3 Å². The third kappa shape index (κ3) is 2.97. The van der Waals surface area contributed by atoms with Crippen molar-refractivity contribution in [2.45, 2.75) is 6.92 Å². The fraction of sp³-hybridized carbons (Fsp3) is 0.167. The fourth-order valence-electron chi connectivity index (χ4n) is 1.42. The van der Waals surface area contributed by atoms with Crippen LogP contribution in [0.2, 0.25) is 5.02 Å². The van der Waals surface area contributed by atoms with Crippen LogP contribution in [-0.2, 0) is 4.74 Å². The molecular weight excluding hydrogens is 270 g/mol. The number of esters is 1. The van der Waals surface area contributed by atoms with Gasteiger partial charge < -0.3 is 4.74 Å². The summed E-state index contributed by atoms with van der Waals surface area (Å²) in [5.41, 5.74) is 0.144. The van der Waals surface area contributed by atoms with Gasteiger partial charge in [-0.1, -0.05) is 11.6 Å². The van der Waals surface area contributed by atoms with Gasteiger partial charge in [0.25, 0.3) is 5.56 Å². The highest BCUT2D eigenvalue weighted by Crippen LogP contribution is 2.15. The normalized spacial score (nSPS) is 10.2. The molecule has 0 radical (unpaired) electrons. The zero-order valence-corrected chi connectivity index (χ0v) is 10.8. The highest BCUT2D eigenvalue weighted by molar-refractivity contribution is 6.30. The molecule has 6 nitrogen and oxygen atoms in total. The van der Waals surface area contributed by atoms with Crippen molar-refractivity contribution in [3.8, 4) is 11.4 Å². The minimum absolute atomic E-state index is 0.108. The molecule has 7 heteroatoms. The number of halogens is 1. The van der Waals surface area contributed by atoms with Crippen LogP contribution in [0.3, 0.4) is 0 Å². The Morgan fingerprint density at radius 3 is 2.84 bits per heavy atom. The number of ether oxygens (including phenoxy) is 1. The van der Waals surface area contributed by atoms with Gasteiger partial charge in [-0.15, -0.1) is 0 Å². The number of nitrogens with zero attached hydrogens (tertiary/aromatic N) is 2. The Kier molecular flexibility index (Phi) is 3.91. The minimum Gasteiger partial charge on any atom is -0.462 e. The topological polar surface area (TPSA) is 84.9 Å². The summed E-state index contributed by atoms with van der Waals surface area (Å²) in [4.78, 5) is 27.2. The van der Waals surface area contributed by atoms with Crippen molar-refractivity contribution < 1.29 is 9.53 Å². The Labute approximate surface area is 113 Å². The van der Waals surface area contributed by atoms with Crippen LogP contribution in [0, 0.1) is 0 Å². The summed E-state index contributed by atoms with van der Waals surface area (Å²) in [5, 5.41) is 6.56. The second kappa shape index (κ2) is 5.62. The van der Waals surface area contributed by atoms with Crippen molar-refractivity contribution >= 4 is 17.6 Å². The van der Waals surface area contributed by atoms with Crippen LogP contribution >= 0.6 is 11.6 Å². The number of aromatic amines is 1. The molecule has 0 spiro atoms. The minimum atomic E-state index is -0.693. The van der Waals surface area contributed by atoms with Gasteiger partial charge >= 0.3 is 5.97 Å². The first-order valence-electron chi connectivity index (χ1n) is 5.50. The van der Waals surface area contributed by atoms with Gasteiger partial charge in [0.15, 0.2) is 0 Å². The second-order valence-corrected chi connectivity index (χ2v) is 4.01. The third-order valence-electron chi connectivity index (χ3n) is 2.29. The molecule has 98 valence electrons. The number of hydrogen-bond acceptors (Lipinski definition) is 5. The van der Waals surface area contributed by atoms with Gasteiger partial charge in [0.05, 0.1) is 17.3 Å². The van der Waals surface area contributed by atoms with E-state index in [0.29, 0.717) is 16.4 Å². The van der Waals surface area contributed by atoms with Gasteiger partial charge in [0.1, 0.15) is 11.3 Å². The predicted octanol–water partition coefficient (Wildman–Crippen LogP) is 1.66. The fourth-order valence-corrected chi connectivity index (χ4v) is 1.54. The lowest BCUT2D eigenvalue weighted by molar-refractivity contribution is 0.0524. The Morgan fingerprint density at radius 2 is 2.21 bits per heavy atom. The van der Waals surface area contributed by atoms with Crippen LogP contribution < -0.4 is 5.56 Å². The predicted molar refractivity (Wildman–Crippen MR) is 69.1 cm³/mol. The average Bonchev–Trinajstić information content (AvgIpc) is 2.40. The van der Waals surface area contributed by atoms with Gasteiger partial charge in [0, 0.05) is 6.20 Å². The molecule has 2 aromatic heterocycles. The van der Waals surface area contributed by atoms with Crippen molar-refractivity contribution in [1.82, 2.24) is 15.2 Å². The number of carbonyl (C=O) groups is 1. The van der Waals surface area contributed by atoms with E-state index in [9.17, 15) is 9.59 Å². The lowest BCUT2D eigenvalue weighted by Gasteiger charge is -2.03. The van der Waals surface area contributed by atoms with E-state index in [-0.39, 0.29) is 12.2 Å². The van der Waals surface area contributed by atoms with Gasteiger partial charge in [-0.2, -0.15) is 5.10 Å². The Bertz CT molecular complexity index is 652. The summed E-state index contributed by atoms with van der Waals surface area (Å²) in [7, 11) is 0. The maximum absolute atomic E-state index is 11.6. The molecule has 0 amide bonds. The molecule has 0 atom stereocenters. The van der Waals surface area contributed by atoms with E-state index >= 15 is 0 Å². The molecule has 0 bridgehead atoms. The van der Waals surface area contributed by atoms with E-state index in [1.54, 1.807) is 19.1 Å². The van der Waals surface area contributed by atoms with Crippen molar-refractivity contribution in [2.75, 3.05) is 6.61 Å². The Hall–Kier alpha value is -2.21. The molecule has 0 aliphatic rings. The lowest BCUT2D eigenvalue weighted by Crippen LogP contribution is -2.21. The van der Waals surface area contributed by atoms with Crippen molar-refractivity contribution in [3.05, 3.63) is 45.3 Å². The standard InChI is InChI=1S/C12H10ClN3O3/c1-2-19-12(18)8-5-10(15-16-11(8)17)9-4-3-7(13)6-14-9/h3-6H,2H2,1H3,(H,16,17). The molecule has 0 saturated carbocycles. The lowest BCUT2D eigenvalue weighted by atomic mass is 10.2. The molecular formula is C12H10ClN3O3. The zero-order valence-electron chi connectivity index (χ0n) is 10.0. The van der Waals surface area contributed by atoms with Crippen LogP contribution in [0.5, 0.6) is 0 Å². The zero-order chi connectivity index (χ0) is 13.8. The number of hydrogen-bond donors (Lipinski definition) is 1. The maximum Gasteiger partial charge on any atom is 0.343 e. The maximum atomic E-state index is 11.6. The first kappa shape index (κ1) is 13.2. The molecule has 0 saturated heterocycles. The number of rotatable bonds is 3. The summed E-state index contributed by atoms with van der Waals surface area (Å²) in [6.45, 7) is 1.85.